The first-order valence-electron chi connectivity index (χ1n) is 9.36. The Morgan fingerprint density at radius 3 is 2.85 bits per heavy atom. The second-order valence-corrected chi connectivity index (χ2v) is 7.28. The minimum Gasteiger partial charge on any atom is -0.497 e. The van der Waals surface area contributed by atoms with Crippen molar-refractivity contribution in [3.63, 3.8) is 0 Å². The van der Waals surface area contributed by atoms with Crippen LogP contribution in [0.15, 0.2) is 29.1 Å². The maximum atomic E-state index is 13.0. The first kappa shape index (κ1) is 17.6. The highest BCUT2D eigenvalue weighted by Crippen LogP contribution is 2.23. The fraction of sp³-hybridized carbons (Fsp3) is 0.450. The van der Waals surface area contributed by atoms with Crippen molar-refractivity contribution in [1.29, 1.82) is 0 Å². The van der Waals surface area contributed by atoms with Gasteiger partial charge in [0.15, 0.2) is 5.65 Å². The molecule has 0 spiro atoms. The zero-order valence-corrected chi connectivity index (χ0v) is 15.9. The summed E-state index contributed by atoms with van der Waals surface area (Å²) in [5, 5.41) is 5.39. The Morgan fingerprint density at radius 2 is 2.11 bits per heavy atom. The van der Waals surface area contributed by atoms with Gasteiger partial charge in [-0.3, -0.25) is 4.79 Å². The van der Waals surface area contributed by atoms with Gasteiger partial charge in [-0.05, 0) is 62.3 Å². The molecular formula is C20H24N4O3. The quantitative estimate of drug-likeness (QED) is 0.712. The summed E-state index contributed by atoms with van der Waals surface area (Å²) in [6.07, 6.45) is 3.17. The average Bonchev–Trinajstić information content (AvgIpc) is 2.99. The number of aryl methyl sites for hydroxylation is 1. The molecule has 1 saturated heterocycles. The van der Waals surface area contributed by atoms with E-state index in [0.29, 0.717) is 11.4 Å². The summed E-state index contributed by atoms with van der Waals surface area (Å²) in [5.41, 5.74) is 1.89. The summed E-state index contributed by atoms with van der Waals surface area (Å²) < 4.78 is 8.15. The van der Waals surface area contributed by atoms with E-state index in [2.05, 4.69) is 12.0 Å². The van der Waals surface area contributed by atoms with E-state index in [1.165, 1.54) is 4.68 Å². The topological polar surface area (TPSA) is 68.8 Å². The number of likely N-dealkylation sites (tertiary alicyclic amines) is 1. The minimum atomic E-state index is -0.301. The van der Waals surface area contributed by atoms with E-state index >= 15 is 0 Å². The Bertz CT molecular complexity index is 1080. The van der Waals surface area contributed by atoms with E-state index < -0.39 is 0 Å². The first-order chi connectivity index (χ1) is 13.0. The van der Waals surface area contributed by atoms with Gasteiger partial charge in [-0.2, -0.15) is 0 Å². The summed E-state index contributed by atoms with van der Waals surface area (Å²) in [5.74, 6) is 0.623. The molecule has 0 aliphatic carbocycles. The number of benzene rings is 1. The van der Waals surface area contributed by atoms with Gasteiger partial charge in [0.05, 0.1) is 12.6 Å². The van der Waals surface area contributed by atoms with Crippen LogP contribution in [-0.4, -0.2) is 44.7 Å². The number of fused-ring (bicyclic) bond motifs is 3. The van der Waals surface area contributed by atoms with Crippen LogP contribution in [0.25, 0.3) is 16.6 Å². The third-order valence-electron chi connectivity index (χ3n) is 5.45. The van der Waals surface area contributed by atoms with Gasteiger partial charge in [0.1, 0.15) is 12.3 Å². The third-order valence-corrected chi connectivity index (χ3v) is 5.45. The lowest BCUT2D eigenvalue weighted by Gasteiger charge is -2.33. The summed E-state index contributed by atoms with van der Waals surface area (Å²) in [4.78, 5) is 27.7. The molecule has 2 aromatic heterocycles. The van der Waals surface area contributed by atoms with E-state index in [-0.39, 0.29) is 24.2 Å². The van der Waals surface area contributed by atoms with Gasteiger partial charge in [-0.1, -0.05) is 0 Å². The standard InChI is InChI=1S/C20H24N4O3/c1-13-10-15-7-8-16(27-3)11-17(15)24-19(13)21-23(20(24)26)12-18(25)22-9-5-4-6-14(22)2/h7-8,10-11,14H,4-6,9,12H2,1-3H3. The normalized spacial score (nSPS) is 17.6. The maximum Gasteiger partial charge on any atom is 0.351 e. The van der Waals surface area contributed by atoms with Gasteiger partial charge in [0.2, 0.25) is 5.91 Å². The molecule has 142 valence electrons. The second-order valence-electron chi connectivity index (χ2n) is 7.28. The molecule has 0 radical (unpaired) electrons. The minimum absolute atomic E-state index is 0.0320. The molecule has 1 aromatic carbocycles. The molecule has 4 rings (SSSR count). The van der Waals surface area contributed by atoms with Crippen molar-refractivity contribution < 1.29 is 9.53 Å². The molecule has 1 aliphatic heterocycles. The number of carbonyl (C=O) groups is 1. The summed E-state index contributed by atoms with van der Waals surface area (Å²) >= 11 is 0. The highest BCUT2D eigenvalue weighted by atomic mass is 16.5. The molecule has 1 aliphatic rings. The van der Waals surface area contributed by atoms with Gasteiger partial charge in [0.25, 0.3) is 0 Å². The largest absolute Gasteiger partial charge is 0.497 e. The van der Waals surface area contributed by atoms with Crippen molar-refractivity contribution in [3.05, 3.63) is 40.3 Å². The number of carbonyl (C=O) groups excluding carboxylic acids is 1. The van der Waals surface area contributed by atoms with Gasteiger partial charge < -0.3 is 9.64 Å². The smallest absolute Gasteiger partial charge is 0.351 e. The third kappa shape index (κ3) is 2.97. The predicted octanol–water partition coefficient (Wildman–Crippen LogP) is 2.37. The number of rotatable bonds is 3. The Kier molecular flexibility index (Phi) is 4.37. The van der Waals surface area contributed by atoms with Crippen LogP contribution in [0.1, 0.15) is 31.7 Å². The molecule has 3 aromatic rings. The van der Waals surface area contributed by atoms with E-state index in [0.717, 1.165) is 42.3 Å². The molecule has 1 amide bonds. The predicted molar refractivity (Wildman–Crippen MR) is 103 cm³/mol. The van der Waals surface area contributed by atoms with Crippen LogP contribution < -0.4 is 10.4 Å². The average molecular weight is 368 g/mol. The van der Waals surface area contributed by atoms with Crippen molar-refractivity contribution in [2.45, 2.75) is 45.7 Å². The molecule has 0 N–H and O–H groups in total. The zero-order chi connectivity index (χ0) is 19.1. The maximum absolute atomic E-state index is 13.0. The zero-order valence-electron chi connectivity index (χ0n) is 15.9. The summed E-state index contributed by atoms with van der Waals surface area (Å²) in [6, 6.07) is 7.82. The number of hydrogen-bond acceptors (Lipinski definition) is 4. The summed E-state index contributed by atoms with van der Waals surface area (Å²) in [6.45, 7) is 4.70. The van der Waals surface area contributed by atoms with Gasteiger partial charge in [0, 0.05) is 18.7 Å². The van der Waals surface area contributed by atoms with Crippen LogP contribution in [-0.2, 0) is 11.3 Å². The van der Waals surface area contributed by atoms with Crippen molar-refractivity contribution in [3.8, 4) is 5.75 Å². The molecule has 3 heterocycles. The second kappa shape index (κ2) is 6.72. The number of piperidine rings is 1. The molecule has 0 saturated carbocycles. The van der Waals surface area contributed by atoms with Crippen molar-refractivity contribution in [1.82, 2.24) is 19.1 Å². The molecule has 1 fully saturated rings. The van der Waals surface area contributed by atoms with E-state index in [4.69, 9.17) is 4.74 Å². The van der Waals surface area contributed by atoms with Crippen LogP contribution in [0.3, 0.4) is 0 Å². The Labute approximate surface area is 157 Å². The lowest BCUT2D eigenvalue weighted by Crippen LogP contribution is -2.44. The monoisotopic (exact) mass is 368 g/mol. The number of methoxy groups -OCH3 is 1. The summed E-state index contributed by atoms with van der Waals surface area (Å²) in [7, 11) is 1.59. The lowest BCUT2D eigenvalue weighted by molar-refractivity contribution is -0.135. The number of nitrogens with zero attached hydrogens (tertiary/aromatic N) is 4. The molecule has 7 nitrogen and oxygen atoms in total. The number of ether oxygens (including phenoxy) is 1. The van der Waals surface area contributed by atoms with E-state index in [1.807, 2.05) is 36.1 Å². The number of amides is 1. The molecule has 0 bridgehead atoms. The number of aromatic nitrogens is 3. The van der Waals surface area contributed by atoms with Gasteiger partial charge in [-0.15, -0.1) is 5.10 Å². The van der Waals surface area contributed by atoms with Crippen LogP contribution in [0.2, 0.25) is 0 Å². The van der Waals surface area contributed by atoms with Gasteiger partial charge in [-0.25, -0.2) is 13.9 Å². The fourth-order valence-corrected chi connectivity index (χ4v) is 3.93. The highest BCUT2D eigenvalue weighted by Gasteiger charge is 2.24. The van der Waals surface area contributed by atoms with E-state index in [1.54, 1.807) is 11.5 Å². The molecule has 1 atom stereocenters. The van der Waals surface area contributed by atoms with Crippen molar-refractivity contribution in [2.24, 2.45) is 0 Å². The lowest BCUT2D eigenvalue weighted by atomic mass is 10.0. The Morgan fingerprint density at radius 1 is 1.30 bits per heavy atom. The Balaban J connectivity index is 1.79. The molecule has 7 heteroatoms. The molecule has 1 unspecified atom stereocenters. The number of hydrogen-bond donors (Lipinski definition) is 0. The number of pyridine rings is 1. The molecule has 27 heavy (non-hydrogen) atoms. The van der Waals surface area contributed by atoms with Crippen LogP contribution in [0, 0.1) is 6.92 Å². The van der Waals surface area contributed by atoms with E-state index in [9.17, 15) is 9.59 Å². The van der Waals surface area contributed by atoms with Crippen LogP contribution in [0.4, 0.5) is 0 Å². The van der Waals surface area contributed by atoms with Crippen LogP contribution in [0.5, 0.6) is 5.75 Å². The van der Waals surface area contributed by atoms with Gasteiger partial charge >= 0.3 is 5.69 Å². The SMILES string of the molecule is COc1ccc2cc(C)c3nn(CC(=O)N4CCCCC4C)c(=O)n3c2c1. The van der Waals surface area contributed by atoms with Crippen molar-refractivity contribution in [2.75, 3.05) is 13.7 Å². The van der Waals surface area contributed by atoms with Crippen molar-refractivity contribution >= 4 is 22.5 Å². The first-order valence-corrected chi connectivity index (χ1v) is 9.36. The Hall–Kier alpha value is -2.83. The van der Waals surface area contributed by atoms with Crippen LogP contribution >= 0.6 is 0 Å². The fourth-order valence-electron chi connectivity index (χ4n) is 3.93. The highest BCUT2D eigenvalue weighted by molar-refractivity contribution is 5.84. The molecular weight excluding hydrogens is 344 g/mol.